The van der Waals surface area contributed by atoms with Crippen LogP contribution in [0.15, 0.2) is 48.2 Å². The van der Waals surface area contributed by atoms with Crippen LogP contribution >= 0.6 is 0 Å². The van der Waals surface area contributed by atoms with E-state index in [1.54, 1.807) is 6.08 Å². The van der Waals surface area contributed by atoms with Gasteiger partial charge in [-0.3, -0.25) is 4.79 Å². The predicted octanol–water partition coefficient (Wildman–Crippen LogP) is 3.35. The van der Waals surface area contributed by atoms with Crippen molar-refractivity contribution in [2.24, 2.45) is 11.3 Å². The van der Waals surface area contributed by atoms with E-state index < -0.39 is 0 Å². The van der Waals surface area contributed by atoms with Gasteiger partial charge in [-0.25, -0.2) is 0 Å². The first kappa shape index (κ1) is 13.5. The molecule has 2 heteroatoms. The molecule has 1 amide bonds. The SMILES string of the molecule is C=C/C=C(/NC=O)C1=C(C=C)C(C)(C)CC1C. The third kappa shape index (κ3) is 2.57. The lowest BCUT2D eigenvalue weighted by molar-refractivity contribution is -0.108. The first-order valence-electron chi connectivity index (χ1n) is 5.88. The second-order valence-electron chi connectivity index (χ2n) is 5.10. The molecule has 0 saturated carbocycles. The molecule has 0 spiro atoms. The molecule has 1 aliphatic rings. The lowest BCUT2D eigenvalue weighted by Gasteiger charge is -2.20. The summed E-state index contributed by atoms with van der Waals surface area (Å²) in [5.74, 6) is 0.414. The molecule has 0 aliphatic heterocycles. The van der Waals surface area contributed by atoms with E-state index >= 15 is 0 Å². The van der Waals surface area contributed by atoms with Crippen LogP contribution in [0.1, 0.15) is 27.2 Å². The largest absolute Gasteiger partial charge is 0.328 e. The number of hydrogen-bond acceptors (Lipinski definition) is 1. The summed E-state index contributed by atoms with van der Waals surface area (Å²) < 4.78 is 0. The summed E-state index contributed by atoms with van der Waals surface area (Å²) >= 11 is 0. The lowest BCUT2D eigenvalue weighted by Crippen LogP contribution is -2.15. The molecule has 2 nitrogen and oxygen atoms in total. The minimum Gasteiger partial charge on any atom is -0.328 e. The van der Waals surface area contributed by atoms with E-state index in [4.69, 9.17) is 0 Å². The topological polar surface area (TPSA) is 29.1 Å². The molecule has 0 radical (unpaired) electrons. The van der Waals surface area contributed by atoms with Gasteiger partial charge in [0.15, 0.2) is 0 Å². The van der Waals surface area contributed by atoms with E-state index in [1.807, 2.05) is 12.2 Å². The van der Waals surface area contributed by atoms with Crippen LogP contribution in [-0.2, 0) is 4.79 Å². The van der Waals surface area contributed by atoms with Gasteiger partial charge in [0.2, 0.25) is 6.41 Å². The molecular formula is C15H21NO. The first-order valence-corrected chi connectivity index (χ1v) is 5.88. The summed E-state index contributed by atoms with van der Waals surface area (Å²) in [6.07, 6.45) is 7.21. The van der Waals surface area contributed by atoms with Crippen molar-refractivity contribution < 1.29 is 4.79 Å². The van der Waals surface area contributed by atoms with Crippen molar-refractivity contribution in [2.75, 3.05) is 0 Å². The molecule has 0 saturated heterocycles. The van der Waals surface area contributed by atoms with Gasteiger partial charge in [0.1, 0.15) is 0 Å². The van der Waals surface area contributed by atoms with Crippen molar-refractivity contribution in [3.8, 4) is 0 Å². The van der Waals surface area contributed by atoms with Crippen molar-refractivity contribution in [1.82, 2.24) is 5.32 Å². The Morgan fingerprint density at radius 3 is 2.59 bits per heavy atom. The molecule has 1 atom stereocenters. The van der Waals surface area contributed by atoms with Crippen molar-refractivity contribution in [3.63, 3.8) is 0 Å². The van der Waals surface area contributed by atoms with E-state index in [0.717, 1.165) is 12.1 Å². The van der Waals surface area contributed by atoms with Crippen molar-refractivity contribution in [2.45, 2.75) is 27.2 Å². The van der Waals surface area contributed by atoms with Crippen LogP contribution in [0.25, 0.3) is 0 Å². The quantitative estimate of drug-likeness (QED) is 0.570. The van der Waals surface area contributed by atoms with Crippen LogP contribution in [0, 0.1) is 11.3 Å². The minimum atomic E-state index is 0.112. The number of amides is 1. The van der Waals surface area contributed by atoms with Gasteiger partial charge in [-0.05, 0) is 35.0 Å². The van der Waals surface area contributed by atoms with Crippen molar-refractivity contribution in [3.05, 3.63) is 48.2 Å². The Morgan fingerprint density at radius 1 is 1.47 bits per heavy atom. The molecule has 0 aromatic heterocycles. The highest BCUT2D eigenvalue weighted by Gasteiger charge is 2.36. The monoisotopic (exact) mass is 231 g/mol. The van der Waals surface area contributed by atoms with Crippen LogP contribution in [0.4, 0.5) is 0 Å². The van der Waals surface area contributed by atoms with Crippen LogP contribution in [0.2, 0.25) is 0 Å². The van der Waals surface area contributed by atoms with E-state index in [2.05, 4.69) is 39.2 Å². The fraction of sp³-hybridized carbons (Fsp3) is 0.400. The van der Waals surface area contributed by atoms with Crippen LogP contribution in [0.3, 0.4) is 0 Å². The minimum absolute atomic E-state index is 0.112. The highest BCUT2D eigenvalue weighted by atomic mass is 16.1. The molecule has 1 unspecified atom stereocenters. The summed E-state index contributed by atoms with van der Waals surface area (Å²) in [5, 5.41) is 2.76. The fourth-order valence-electron chi connectivity index (χ4n) is 2.80. The normalized spacial score (nSPS) is 23.5. The molecule has 1 rings (SSSR count). The molecule has 1 aliphatic carbocycles. The van der Waals surface area contributed by atoms with Crippen LogP contribution in [-0.4, -0.2) is 6.41 Å². The van der Waals surface area contributed by atoms with E-state index in [9.17, 15) is 4.79 Å². The number of hydrogen-bond donors (Lipinski definition) is 1. The number of allylic oxidation sites excluding steroid dienone is 5. The summed E-state index contributed by atoms with van der Waals surface area (Å²) in [6, 6.07) is 0. The fourth-order valence-corrected chi connectivity index (χ4v) is 2.80. The number of carbonyl (C=O) groups is 1. The molecule has 0 bridgehead atoms. The highest BCUT2D eigenvalue weighted by Crippen LogP contribution is 2.48. The van der Waals surface area contributed by atoms with Gasteiger partial charge in [0.05, 0.1) is 0 Å². The van der Waals surface area contributed by atoms with Crippen molar-refractivity contribution >= 4 is 6.41 Å². The highest BCUT2D eigenvalue weighted by molar-refractivity contribution is 5.57. The molecular weight excluding hydrogens is 210 g/mol. The maximum atomic E-state index is 10.7. The molecule has 92 valence electrons. The van der Waals surface area contributed by atoms with Gasteiger partial charge in [0, 0.05) is 5.70 Å². The van der Waals surface area contributed by atoms with E-state index in [0.29, 0.717) is 12.3 Å². The summed E-state index contributed by atoms with van der Waals surface area (Å²) in [7, 11) is 0. The summed E-state index contributed by atoms with van der Waals surface area (Å²) in [5.41, 5.74) is 3.34. The van der Waals surface area contributed by atoms with Gasteiger partial charge >= 0.3 is 0 Å². The second-order valence-corrected chi connectivity index (χ2v) is 5.10. The Balaban J connectivity index is 3.32. The molecule has 0 aromatic carbocycles. The summed E-state index contributed by atoms with van der Waals surface area (Å²) in [4.78, 5) is 10.7. The van der Waals surface area contributed by atoms with Gasteiger partial charge in [-0.15, -0.1) is 0 Å². The first-order chi connectivity index (χ1) is 7.97. The molecule has 0 aromatic rings. The number of rotatable bonds is 5. The molecule has 1 N–H and O–H groups in total. The Hall–Kier alpha value is -1.57. The average Bonchev–Trinajstić information content (AvgIpc) is 2.47. The average molecular weight is 231 g/mol. The van der Waals surface area contributed by atoms with E-state index in [-0.39, 0.29) is 5.41 Å². The molecule has 0 heterocycles. The van der Waals surface area contributed by atoms with Crippen LogP contribution in [0.5, 0.6) is 0 Å². The van der Waals surface area contributed by atoms with E-state index in [1.165, 1.54) is 11.1 Å². The maximum absolute atomic E-state index is 10.7. The third-order valence-corrected chi connectivity index (χ3v) is 3.32. The zero-order valence-electron chi connectivity index (χ0n) is 10.9. The van der Waals surface area contributed by atoms with Gasteiger partial charge in [-0.1, -0.05) is 46.1 Å². The lowest BCUT2D eigenvalue weighted by atomic mass is 9.84. The second kappa shape index (κ2) is 5.17. The number of nitrogens with one attached hydrogen (secondary N) is 1. The number of carbonyl (C=O) groups excluding carboxylic acids is 1. The van der Waals surface area contributed by atoms with Crippen LogP contribution < -0.4 is 5.32 Å². The Kier molecular flexibility index (Phi) is 4.11. The Bertz CT molecular complexity index is 399. The smallest absolute Gasteiger partial charge is 0.211 e. The van der Waals surface area contributed by atoms with Gasteiger partial charge < -0.3 is 5.32 Å². The molecule has 0 fully saturated rings. The Labute approximate surface area is 104 Å². The maximum Gasteiger partial charge on any atom is 0.211 e. The van der Waals surface area contributed by atoms with Crippen molar-refractivity contribution in [1.29, 1.82) is 0 Å². The predicted molar refractivity (Wildman–Crippen MR) is 72.3 cm³/mol. The third-order valence-electron chi connectivity index (χ3n) is 3.32. The Morgan fingerprint density at radius 2 is 2.12 bits per heavy atom. The molecule has 17 heavy (non-hydrogen) atoms. The van der Waals surface area contributed by atoms with Gasteiger partial charge in [0.25, 0.3) is 0 Å². The standard InChI is InChI=1S/C15H21NO/c1-6-8-13(16-10-17)14-11(3)9-15(4,5)12(14)7-2/h6-8,10-11H,1-2,9H2,3-5H3,(H,16,17)/b13-8+. The zero-order chi connectivity index (χ0) is 13.1. The van der Waals surface area contributed by atoms with Gasteiger partial charge in [-0.2, -0.15) is 0 Å². The summed E-state index contributed by atoms with van der Waals surface area (Å²) in [6.45, 7) is 14.2. The zero-order valence-corrected chi connectivity index (χ0v) is 10.9.